The minimum atomic E-state index is 0.377. The summed E-state index contributed by atoms with van der Waals surface area (Å²) in [5.41, 5.74) is 5.51. The van der Waals surface area contributed by atoms with Crippen LogP contribution in [-0.4, -0.2) is 10.7 Å². The Bertz CT molecular complexity index is 997. The number of halogens is 2. The molecule has 2 heterocycles. The molecule has 0 radical (unpaired) electrons. The number of rotatable bonds is 1. The highest BCUT2D eigenvalue weighted by molar-refractivity contribution is 6.31. The quantitative estimate of drug-likeness (QED) is 0.587. The van der Waals surface area contributed by atoms with E-state index < -0.39 is 0 Å². The number of hydrogen-bond acceptors (Lipinski definition) is 2. The predicted molar refractivity (Wildman–Crippen MR) is 104 cm³/mol. The third kappa shape index (κ3) is 2.37. The fourth-order valence-electron chi connectivity index (χ4n) is 3.65. The average Bonchev–Trinajstić information content (AvgIpc) is 3.02. The molecule has 25 heavy (non-hydrogen) atoms. The van der Waals surface area contributed by atoms with Crippen LogP contribution in [0.15, 0.2) is 77.5 Å². The minimum absolute atomic E-state index is 0.377. The van der Waals surface area contributed by atoms with Gasteiger partial charge in [-0.15, -0.1) is 0 Å². The van der Waals surface area contributed by atoms with E-state index in [1.165, 1.54) is 5.70 Å². The van der Waals surface area contributed by atoms with E-state index in [-0.39, 0.29) is 0 Å². The first kappa shape index (κ1) is 15.0. The molecule has 0 saturated carbocycles. The lowest BCUT2D eigenvalue weighted by atomic mass is 9.98. The van der Waals surface area contributed by atoms with E-state index in [4.69, 9.17) is 28.2 Å². The maximum atomic E-state index is 6.25. The molecule has 5 rings (SSSR count). The van der Waals surface area contributed by atoms with Gasteiger partial charge in [-0.2, -0.15) is 0 Å². The average molecular weight is 365 g/mol. The Kier molecular flexibility index (Phi) is 3.37. The third-order valence-electron chi connectivity index (χ3n) is 4.81. The molecule has 0 amide bonds. The van der Waals surface area contributed by atoms with Crippen molar-refractivity contribution in [3.63, 3.8) is 0 Å². The van der Waals surface area contributed by atoms with Gasteiger partial charge in [0.1, 0.15) is 5.84 Å². The smallest absolute Gasteiger partial charge is 0.145 e. The van der Waals surface area contributed by atoms with Crippen molar-refractivity contribution in [3.05, 3.63) is 93.6 Å². The standard InChI is InChI=1S/C21H14Cl2N2/c22-15-7-5-13(6-8-15)21-24-18-10-9-16(23)12-17(18)20-11-14-3-1-2-4-19(14)25(20)21/h1-2,4-12,14H,3H2. The summed E-state index contributed by atoms with van der Waals surface area (Å²) in [6.45, 7) is 0. The van der Waals surface area contributed by atoms with Crippen LogP contribution in [0.5, 0.6) is 0 Å². The molecule has 2 nitrogen and oxygen atoms in total. The zero-order valence-corrected chi connectivity index (χ0v) is 14.8. The molecule has 0 saturated heterocycles. The van der Waals surface area contributed by atoms with Crippen molar-refractivity contribution in [1.29, 1.82) is 0 Å². The summed E-state index contributed by atoms with van der Waals surface area (Å²) < 4.78 is 0. The molecule has 0 N–H and O–H groups in total. The van der Waals surface area contributed by atoms with Crippen molar-refractivity contribution in [2.45, 2.75) is 6.42 Å². The minimum Gasteiger partial charge on any atom is -0.297 e. The number of amidine groups is 1. The summed E-state index contributed by atoms with van der Waals surface area (Å²) in [5.74, 6) is 1.31. The Hall–Kier alpha value is -2.29. The van der Waals surface area contributed by atoms with Gasteiger partial charge in [-0.25, -0.2) is 4.99 Å². The van der Waals surface area contributed by atoms with Crippen LogP contribution in [-0.2, 0) is 0 Å². The molecule has 0 spiro atoms. The van der Waals surface area contributed by atoms with Gasteiger partial charge in [-0.1, -0.05) is 41.4 Å². The molecule has 3 aliphatic rings. The Morgan fingerprint density at radius 1 is 1.00 bits per heavy atom. The van der Waals surface area contributed by atoms with Gasteiger partial charge in [-0.05, 0) is 55.0 Å². The Morgan fingerprint density at radius 2 is 1.80 bits per heavy atom. The van der Waals surface area contributed by atoms with Gasteiger partial charge in [0.15, 0.2) is 0 Å². The van der Waals surface area contributed by atoms with E-state index in [2.05, 4.69) is 29.2 Å². The van der Waals surface area contributed by atoms with Crippen LogP contribution >= 0.6 is 23.2 Å². The lowest BCUT2D eigenvalue weighted by molar-refractivity contribution is 0.629. The van der Waals surface area contributed by atoms with Gasteiger partial charge in [0, 0.05) is 32.8 Å². The number of allylic oxidation sites excluding steroid dienone is 4. The van der Waals surface area contributed by atoms with Gasteiger partial charge in [-0.3, -0.25) is 4.90 Å². The van der Waals surface area contributed by atoms with Crippen molar-refractivity contribution >= 4 is 40.4 Å². The molecule has 2 aliphatic heterocycles. The van der Waals surface area contributed by atoms with E-state index in [9.17, 15) is 0 Å². The van der Waals surface area contributed by atoms with Gasteiger partial charge in [0.2, 0.25) is 0 Å². The topological polar surface area (TPSA) is 15.6 Å². The molecule has 0 bridgehead atoms. The highest BCUT2D eigenvalue weighted by atomic mass is 35.5. The first-order valence-electron chi connectivity index (χ1n) is 8.24. The summed E-state index contributed by atoms with van der Waals surface area (Å²) >= 11 is 12.3. The largest absolute Gasteiger partial charge is 0.297 e. The van der Waals surface area contributed by atoms with Crippen LogP contribution in [0, 0.1) is 5.92 Å². The van der Waals surface area contributed by atoms with E-state index in [1.54, 1.807) is 0 Å². The zero-order chi connectivity index (χ0) is 17.0. The fraction of sp³-hybridized carbons (Fsp3) is 0.0952. The summed E-state index contributed by atoms with van der Waals surface area (Å²) in [5, 5.41) is 1.45. The molecule has 0 aromatic heterocycles. The van der Waals surface area contributed by atoms with E-state index in [0.29, 0.717) is 5.92 Å². The monoisotopic (exact) mass is 364 g/mol. The molecule has 1 unspecified atom stereocenters. The highest BCUT2D eigenvalue weighted by Gasteiger charge is 2.37. The van der Waals surface area contributed by atoms with Gasteiger partial charge >= 0.3 is 0 Å². The van der Waals surface area contributed by atoms with Crippen LogP contribution in [0.1, 0.15) is 17.5 Å². The zero-order valence-electron chi connectivity index (χ0n) is 13.3. The summed E-state index contributed by atoms with van der Waals surface area (Å²) in [6.07, 6.45) is 9.85. The molecule has 0 fully saturated rings. The number of benzene rings is 2. The number of nitrogens with zero attached hydrogens (tertiary/aromatic N) is 2. The second kappa shape index (κ2) is 5.62. The molecular formula is C21H14Cl2N2. The van der Waals surface area contributed by atoms with E-state index in [0.717, 1.165) is 44.8 Å². The van der Waals surface area contributed by atoms with Crippen LogP contribution in [0.2, 0.25) is 10.0 Å². The normalized spacial score (nSPS) is 20.3. The Balaban J connectivity index is 1.75. The molecule has 2 aromatic rings. The molecule has 1 atom stereocenters. The lowest BCUT2D eigenvalue weighted by Gasteiger charge is -2.32. The van der Waals surface area contributed by atoms with Crippen molar-refractivity contribution in [3.8, 4) is 0 Å². The maximum absolute atomic E-state index is 6.25. The molecule has 1 aliphatic carbocycles. The van der Waals surface area contributed by atoms with Crippen LogP contribution in [0.4, 0.5) is 5.69 Å². The molecule has 2 aromatic carbocycles. The Labute approximate surface area is 156 Å². The van der Waals surface area contributed by atoms with Crippen LogP contribution < -0.4 is 0 Å². The Morgan fingerprint density at radius 3 is 2.64 bits per heavy atom. The van der Waals surface area contributed by atoms with Gasteiger partial charge in [0.25, 0.3) is 0 Å². The summed E-state index contributed by atoms with van der Waals surface area (Å²) in [7, 11) is 0. The summed E-state index contributed by atoms with van der Waals surface area (Å²) in [6, 6.07) is 13.7. The van der Waals surface area contributed by atoms with E-state index >= 15 is 0 Å². The first-order valence-corrected chi connectivity index (χ1v) is 8.99. The lowest BCUT2D eigenvalue weighted by Crippen LogP contribution is -2.30. The second-order valence-electron chi connectivity index (χ2n) is 6.35. The fourth-order valence-corrected chi connectivity index (χ4v) is 3.95. The predicted octanol–water partition coefficient (Wildman–Crippen LogP) is 6.20. The van der Waals surface area contributed by atoms with E-state index in [1.807, 2.05) is 42.5 Å². The SMILES string of the molecule is Clc1ccc(C2=Nc3ccc(Cl)cc3C3=CC4CC=CC=C4N32)cc1. The van der Waals surface area contributed by atoms with Crippen LogP contribution in [0.25, 0.3) is 5.70 Å². The molecule has 122 valence electrons. The van der Waals surface area contributed by atoms with Gasteiger partial charge < -0.3 is 0 Å². The van der Waals surface area contributed by atoms with Crippen molar-refractivity contribution < 1.29 is 0 Å². The number of fused-ring (bicyclic) bond motifs is 5. The van der Waals surface area contributed by atoms with Gasteiger partial charge in [0.05, 0.1) is 11.4 Å². The number of hydrogen-bond donors (Lipinski definition) is 0. The third-order valence-corrected chi connectivity index (χ3v) is 5.29. The molecule has 4 heteroatoms. The summed E-state index contributed by atoms with van der Waals surface area (Å²) in [4.78, 5) is 7.22. The van der Waals surface area contributed by atoms with Crippen LogP contribution in [0.3, 0.4) is 0 Å². The van der Waals surface area contributed by atoms with Crippen molar-refractivity contribution in [2.75, 3.05) is 0 Å². The van der Waals surface area contributed by atoms with Crippen molar-refractivity contribution in [2.24, 2.45) is 10.9 Å². The maximum Gasteiger partial charge on any atom is 0.145 e. The highest BCUT2D eigenvalue weighted by Crippen LogP contribution is 2.47. The number of aliphatic imine (C=N–C) groups is 1. The van der Waals surface area contributed by atoms with Crippen molar-refractivity contribution in [1.82, 2.24) is 4.90 Å². The first-order chi connectivity index (χ1) is 12.2. The molecular weight excluding hydrogens is 351 g/mol. The second-order valence-corrected chi connectivity index (χ2v) is 7.23.